The van der Waals surface area contributed by atoms with Gasteiger partial charge < -0.3 is 5.73 Å². The molecular weight excluding hydrogens is 268 g/mol. The maximum Gasteiger partial charge on any atom is 0.252 e. The van der Waals surface area contributed by atoms with Crippen molar-refractivity contribution < 1.29 is 8.42 Å². The molecule has 0 bridgehead atoms. The van der Waals surface area contributed by atoms with Gasteiger partial charge >= 0.3 is 0 Å². The van der Waals surface area contributed by atoms with Crippen LogP contribution in [0.25, 0.3) is 0 Å². The van der Waals surface area contributed by atoms with Crippen LogP contribution >= 0.6 is 11.3 Å². The zero-order valence-electron chi connectivity index (χ0n) is 10.8. The fourth-order valence-corrected chi connectivity index (χ4v) is 5.32. The average molecular weight is 288 g/mol. The predicted octanol–water partition coefficient (Wildman–Crippen LogP) is 1.67. The van der Waals surface area contributed by atoms with Crippen molar-refractivity contribution in [3.63, 3.8) is 0 Å². The molecule has 4 nitrogen and oxygen atoms in total. The number of nitrogens with two attached hydrogens (primary N) is 1. The minimum atomic E-state index is -3.30. The molecule has 0 aliphatic carbocycles. The highest BCUT2D eigenvalue weighted by molar-refractivity contribution is 7.91. The van der Waals surface area contributed by atoms with E-state index in [2.05, 4.69) is 13.8 Å². The van der Waals surface area contributed by atoms with Crippen LogP contribution in [0.1, 0.15) is 25.1 Å². The monoisotopic (exact) mass is 288 g/mol. The second-order valence-corrected chi connectivity index (χ2v) is 8.85. The molecule has 2 heterocycles. The zero-order chi connectivity index (χ0) is 13.4. The van der Waals surface area contributed by atoms with Crippen LogP contribution in [0.3, 0.4) is 0 Å². The Kier molecular flexibility index (Phi) is 3.82. The summed E-state index contributed by atoms with van der Waals surface area (Å²) >= 11 is 1.34. The molecular formula is C12H20N2O2S2. The van der Waals surface area contributed by atoms with Gasteiger partial charge in [0.1, 0.15) is 4.21 Å². The van der Waals surface area contributed by atoms with Gasteiger partial charge in [-0.1, -0.05) is 13.8 Å². The summed E-state index contributed by atoms with van der Waals surface area (Å²) in [4.78, 5) is 1.04. The quantitative estimate of drug-likeness (QED) is 0.916. The molecule has 1 aromatic heterocycles. The van der Waals surface area contributed by atoms with Gasteiger partial charge in [0.05, 0.1) is 0 Å². The van der Waals surface area contributed by atoms with Crippen molar-refractivity contribution >= 4 is 21.4 Å². The zero-order valence-corrected chi connectivity index (χ0v) is 12.5. The molecule has 102 valence electrons. The lowest BCUT2D eigenvalue weighted by Gasteiger charge is -2.18. The summed E-state index contributed by atoms with van der Waals surface area (Å²) in [6, 6.07) is 3.57. The minimum Gasteiger partial charge on any atom is -0.330 e. The highest BCUT2D eigenvalue weighted by atomic mass is 32.2. The Morgan fingerprint density at radius 1 is 1.44 bits per heavy atom. The molecule has 2 rings (SSSR count). The first-order chi connectivity index (χ1) is 8.35. The van der Waals surface area contributed by atoms with Gasteiger partial charge in [-0.2, -0.15) is 4.31 Å². The van der Waals surface area contributed by atoms with Crippen LogP contribution < -0.4 is 5.73 Å². The number of hydrogen-bond acceptors (Lipinski definition) is 4. The highest BCUT2D eigenvalue weighted by Crippen LogP contribution is 2.34. The summed E-state index contributed by atoms with van der Waals surface area (Å²) in [5.74, 6) is 0. The van der Waals surface area contributed by atoms with Crippen molar-refractivity contribution in [3.8, 4) is 0 Å². The summed E-state index contributed by atoms with van der Waals surface area (Å²) in [5, 5.41) is 0. The first kappa shape index (κ1) is 14.0. The van der Waals surface area contributed by atoms with E-state index in [9.17, 15) is 8.42 Å². The van der Waals surface area contributed by atoms with Gasteiger partial charge in [0.25, 0.3) is 10.0 Å². The van der Waals surface area contributed by atoms with E-state index in [1.807, 2.05) is 6.07 Å². The molecule has 1 aromatic rings. The maximum absolute atomic E-state index is 12.4. The Balaban J connectivity index is 2.20. The molecule has 1 saturated heterocycles. The Morgan fingerprint density at radius 2 is 2.17 bits per heavy atom. The van der Waals surface area contributed by atoms with E-state index in [4.69, 9.17) is 5.73 Å². The smallest absolute Gasteiger partial charge is 0.252 e. The van der Waals surface area contributed by atoms with E-state index in [0.29, 0.717) is 23.8 Å². The fraction of sp³-hybridized carbons (Fsp3) is 0.667. The third kappa shape index (κ3) is 2.77. The van der Waals surface area contributed by atoms with Crippen LogP contribution in [-0.4, -0.2) is 32.4 Å². The summed E-state index contributed by atoms with van der Waals surface area (Å²) in [6.07, 6.45) is 1.67. The number of thiophene rings is 1. The number of sulfonamides is 1. The van der Waals surface area contributed by atoms with Crippen molar-refractivity contribution in [1.82, 2.24) is 4.31 Å². The lowest BCUT2D eigenvalue weighted by Crippen LogP contribution is -2.29. The summed E-state index contributed by atoms with van der Waals surface area (Å²) in [7, 11) is -3.30. The third-order valence-electron chi connectivity index (χ3n) is 3.26. The van der Waals surface area contributed by atoms with Crippen molar-refractivity contribution in [2.24, 2.45) is 11.1 Å². The van der Waals surface area contributed by atoms with Gasteiger partial charge in [0, 0.05) is 18.0 Å². The predicted molar refractivity (Wildman–Crippen MR) is 74.2 cm³/mol. The van der Waals surface area contributed by atoms with E-state index >= 15 is 0 Å². The lowest BCUT2D eigenvalue weighted by molar-refractivity contribution is 0.376. The lowest BCUT2D eigenvalue weighted by atomic mass is 9.93. The van der Waals surface area contributed by atoms with Crippen molar-refractivity contribution in [2.45, 2.75) is 30.9 Å². The van der Waals surface area contributed by atoms with Gasteiger partial charge in [-0.05, 0) is 36.9 Å². The van der Waals surface area contributed by atoms with Gasteiger partial charge in [0.15, 0.2) is 0 Å². The SMILES string of the molecule is CC1(C)CCN(S(=O)(=O)c2ccc(CCN)s2)C1. The number of nitrogens with zero attached hydrogens (tertiary/aromatic N) is 1. The highest BCUT2D eigenvalue weighted by Gasteiger charge is 2.37. The van der Waals surface area contributed by atoms with Gasteiger partial charge in [-0.15, -0.1) is 11.3 Å². The Morgan fingerprint density at radius 3 is 2.72 bits per heavy atom. The Hall–Kier alpha value is -0.430. The van der Waals surface area contributed by atoms with Gasteiger partial charge in [-0.25, -0.2) is 8.42 Å². The molecule has 1 aliphatic heterocycles. The van der Waals surface area contributed by atoms with E-state index in [1.54, 1.807) is 10.4 Å². The summed E-state index contributed by atoms with van der Waals surface area (Å²) < 4.78 is 26.9. The molecule has 0 atom stereocenters. The van der Waals surface area contributed by atoms with Crippen LogP contribution in [0.2, 0.25) is 0 Å². The van der Waals surface area contributed by atoms with Crippen molar-refractivity contribution in [1.29, 1.82) is 0 Å². The first-order valence-corrected chi connectivity index (χ1v) is 8.40. The molecule has 0 radical (unpaired) electrons. The van der Waals surface area contributed by atoms with Crippen LogP contribution in [0.5, 0.6) is 0 Å². The standard InChI is InChI=1S/C12H20N2O2S2/c1-12(2)6-8-14(9-12)18(15,16)11-4-3-10(17-11)5-7-13/h3-4H,5-9,13H2,1-2H3. The van der Waals surface area contributed by atoms with Crippen molar-refractivity contribution in [3.05, 3.63) is 17.0 Å². The second-order valence-electron chi connectivity index (χ2n) is 5.51. The van der Waals surface area contributed by atoms with Crippen LogP contribution in [0.4, 0.5) is 0 Å². The number of hydrogen-bond donors (Lipinski definition) is 1. The summed E-state index contributed by atoms with van der Waals surface area (Å²) in [5.41, 5.74) is 5.57. The number of rotatable bonds is 4. The fourth-order valence-electron chi connectivity index (χ4n) is 2.17. The average Bonchev–Trinajstić information content (AvgIpc) is 2.86. The first-order valence-electron chi connectivity index (χ1n) is 6.14. The molecule has 0 spiro atoms. The van der Waals surface area contributed by atoms with E-state index in [-0.39, 0.29) is 5.41 Å². The molecule has 1 fully saturated rings. The van der Waals surface area contributed by atoms with Gasteiger partial charge in [0.2, 0.25) is 0 Å². The van der Waals surface area contributed by atoms with Crippen LogP contribution in [-0.2, 0) is 16.4 Å². The molecule has 2 N–H and O–H groups in total. The molecule has 0 saturated carbocycles. The van der Waals surface area contributed by atoms with Crippen molar-refractivity contribution in [2.75, 3.05) is 19.6 Å². The molecule has 0 unspecified atom stereocenters. The molecule has 6 heteroatoms. The second kappa shape index (κ2) is 4.92. The third-order valence-corrected chi connectivity index (χ3v) is 6.72. The normalized spacial score (nSPS) is 20.4. The van der Waals surface area contributed by atoms with Crippen LogP contribution in [0.15, 0.2) is 16.3 Å². The molecule has 0 amide bonds. The van der Waals surface area contributed by atoms with Crippen LogP contribution in [0, 0.1) is 5.41 Å². The largest absolute Gasteiger partial charge is 0.330 e. The van der Waals surface area contributed by atoms with E-state index in [0.717, 1.165) is 17.7 Å². The summed E-state index contributed by atoms with van der Waals surface area (Å²) in [6.45, 7) is 6.00. The minimum absolute atomic E-state index is 0.0877. The molecule has 0 aromatic carbocycles. The molecule has 18 heavy (non-hydrogen) atoms. The van der Waals surface area contributed by atoms with E-state index in [1.165, 1.54) is 11.3 Å². The molecule has 1 aliphatic rings. The Bertz CT molecular complexity index is 520. The topological polar surface area (TPSA) is 63.4 Å². The Labute approximate surface area is 113 Å². The maximum atomic E-state index is 12.4. The van der Waals surface area contributed by atoms with E-state index < -0.39 is 10.0 Å². The van der Waals surface area contributed by atoms with Gasteiger partial charge in [-0.3, -0.25) is 0 Å².